The molecule has 0 radical (unpaired) electrons. The van der Waals surface area contributed by atoms with Gasteiger partial charge in [-0.05, 0) is 30.3 Å². The van der Waals surface area contributed by atoms with Crippen LogP contribution in [0.3, 0.4) is 0 Å². The molecular weight excluding hydrogens is 258 g/mol. The molecule has 0 unspecified atom stereocenters. The van der Waals surface area contributed by atoms with Gasteiger partial charge in [-0.15, -0.1) is 0 Å². The van der Waals surface area contributed by atoms with E-state index in [1.165, 1.54) is 30.5 Å². The molecule has 1 amide bonds. The van der Waals surface area contributed by atoms with Gasteiger partial charge in [0.2, 0.25) is 0 Å². The van der Waals surface area contributed by atoms with Gasteiger partial charge in [-0.2, -0.15) is 5.10 Å². The number of hydrogen-bond donors (Lipinski definition) is 2. The van der Waals surface area contributed by atoms with Crippen LogP contribution in [0, 0.1) is 0 Å². The van der Waals surface area contributed by atoms with Crippen LogP contribution in [0.2, 0.25) is 0 Å². The van der Waals surface area contributed by atoms with Gasteiger partial charge in [0.15, 0.2) is 5.88 Å². The number of phenolic OH excluding ortho intramolecular Hbond substituents is 1. The number of hydrazone groups is 1. The second-order valence-electron chi connectivity index (χ2n) is 4.32. The third-order valence-corrected chi connectivity index (χ3v) is 2.54. The van der Waals surface area contributed by atoms with Crippen LogP contribution >= 0.6 is 0 Å². The van der Waals surface area contributed by atoms with Gasteiger partial charge in [-0.25, -0.2) is 5.43 Å². The molecule has 0 spiro atoms. The lowest BCUT2D eigenvalue weighted by Crippen LogP contribution is -2.17. The van der Waals surface area contributed by atoms with Crippen molar-refractivity contribution in [2.24, 2.45) is 5.10 Å². The van der Waals surface area contributed by atoms with Crippen LogP contribution in [0.4, 0.5) is 5.88 Å². The number of aromatic hydroxyl groups is 1. The summed E-state index contributed by atoms with van der Waals surface area (Å²) >= 11 is 0. The number of carbonyl (C=O) groups is 1. The second kappa shape index (κ2) is 5.92. The molecule has 1 aromatic carbocycles. The fraction of sp³-hybridized carbons (Fsp3) is 0.143. The normalized spacial score (nSPS) is 10.7. The average molecular weight is 273 g/mol. The zero-order valence-electron chi connectivity index (χ0n) is 11.2. The largest absolute Gasteiger partial charge is 0.508 e. The number of benzene rings is 1. The summed E-state index contributed by atoms with van der Waals surface area (Å²) in [6, 6.07) is 9.46. The minimum atomic E-state index is -0.361. The van der Waals surface area contributed by atoms with E-state index in [2.05, 4.69) is 10.5 Å². The molecule has 0 aliphatic heterocycles. The quantitative estimate of drug-likeness (QED) is 0.658. The molecule has 2 aromatic rings. The lowest BCUT2D eigenvalue weighted by Gasteiger charge is -2.05. The predicted octanol–water partition coefficient (Wildman–Crippen LogP) is 1.82. The number of furan rings is 1. The van der Waals surface area contributed by atoms with Crippen molar-refractivity contribution in [1.29, 1.82) is 0 Å². The van der Waals surface area contributed by atoms with E-state index in [1.807, 2.05) is 25.1 Å². The summed E-state index contributed by atoms with van der Waals surface area (Å²) in [7, 11) is 3.73. The average Bonchev–Trinajstić information content (AvgIpc) is 2.88. The number of nitrogens with one attached hydrogen (secondary N) is 1. The van der Waals surface area contributed by atoms with Crippen LogP contribution in [0.1, 0.15) is 16.1 Å². The molecule has 6 heteroatoms. The SMILES string of the molecule is CN(C)c1ccc(/C=N\NC(=O)c2ccc(O)cc2)o1. The number of hydrogen-bond acceptors (Lipinski definition) is 5. The van der Waals surface area contributed by atoms with Crippen LogP contribution in [0.5, 0.6) is 5.75 Å². The Morgan fingerprint density at radius 2 is 1.95 bits per heavy atom. The third kappa shape index (κ3) is 3.38. The van der Waals surface area contributed by atoms with Crippen molar-refractivity contribution in [3.8, 4) is 5.75 Å². The number of phenols is 1. The lowest BCUT2D eigenvalue weighted by molar-refractivity contribution is 0.0955. The van der Waals surface area contributed by atoms with Gasteiger partial charge in [0.05, 0.1) is 6.21 Å². The van der Waals surface area contributed by atoms with Gasteiger partial charge in [-0.1, -0.05) is 0 Å². The van der Waals surface area contributed by atoms with Gasteiger partial charge in [-0.3, -0.25) is 4.79 Å². The number of nitrogens with zero attached hydrogens (tertiary/aromatic N) is 2. The minimum Gasteiger partial charge on any atom is -0.508 e. The van der Waals surface area contributed by atoms with Crippen molar-refractivity contribution in [3.63, 3.8) is 0 Å². The van der Waals surface area contributed by atoms with E-state index in [1.54, 1.807) is 6.07 Å². The molecule has 104 valence electrons. The summed E-state index contributed by atoms with van der Waals surface area (Å²) in [4.78, 5) is 13.5. The highest BCUT2D eigenvalue weighted by molar-refractivity contribution is 5.94. The Bertz CT molecular complexity index is 615. The van der Waals surface area contributed by atoms with E-state index in [-0.39, 0.29) is 11.7 Å². The van der Waals surface area contributed by atoms with Gasteiger partial charge < -0.3 is 14.4 Å². The summed E-state index contributed by atoms with van der Waals surface area (Å²) in [5.74, 6) is 0.994. The van der Waals surface area contributed by atoms with Crippen molar-refractivity contribution in [2.45, 2.75) is 0 Å². The van der Waals surface area contributed by atoms with Crippen molar-refractivity contribution in [2.75, 3.05) is 19.0 Å². The summed E-state index contributed by atoms with van der Waals surface area (Å²) in [5.41, 5.74) is 2.79. The smallest absolute Gasteiger partial charge is 0.271 e. The first-order valence-corrected chi connectivity index (χ1v) is 5.96. The molecule has 0 fully saturated rings. The van der Waals surface area contributed by atoms with E-state index in [4.69, 9.17) is 9.52 Å². The van der Waals surface area contributed by atoms with Gasteiger partial charge in [0.1, 0.15) is 11.5 Å². The highest BCUT2D eigenvalue weighted by Crippen LogP contribution is 2.14. The first-order chi connectivity index (χ1) is 9.56. The minimum absolute atomic E-state index is 0.108. The molecule has 0 aliphatic carbocycles. The monoisotopic (exact) mass is 273 g/mol. The Kier molecular flexibility index (Phi) is 4.05. The van der Waals surface area contributed by atoms with E-state index in [0.29, 0.717) is 17.2 Å². The molecule has 6 nitrogen and oxygen atoms in total. The molecule has 2 rings (SSSR count). The molecule has 0 saturated carbocycles. The van der Waals surface area contributed by atoms with Crippen LogP contribution in [0.15, 0.2) is 45.9 Å². The van der Waals surface area contributed by atoms with Crippen LogP contribution in [0.25, 0.3) is 0 Å². The maximum absolute atomic E-state index is 11.7. The van der Waals surface area contributed by atoms with E-state index < -0.39 is 0 Å². The molecule has 0 aliphatic rings. The van der Waals surface area contributed by atoms with E-state index >= 15 is 0 Å². The molecule has 0 atom stereocenters. The summed E-state index contributed by atoms with van der Waals surface area (Å²) < 4.78 is 5.44. The highest BCUT2D eigenvalue weighted by atomic mass is 16.4. The Morgan fingerprint density at radius 3 is 2.55 bits per heavy atom. The molecule has 20 heavy (non-hydrogen) atoms. The van der Waals surface area contributed by atoms with Gasteiger partial charge in [0.25, 0.3) is 5.91 Å². The van der Waals surface area contributed by atoms with Gasteiger partial charge >= 0.3 is 0 Å². The Hall–Kier alpha value is -2.76. The number of amides is 1. The predicted molar refractivity (Wildman–Crippen MR) is 76.2 cm³/mol. The lowest BCUT2D eigenvalue weighted by atomic mass is 10.2. The number of rotatable bonds is 4. The highest BCUT2D eigenvalue weighted by Gasteiger charge is 2.04. The fourth-order valence-electron chi connectivity index (χ4n) is 1.48. The molecular formula is C14H15N3O3. The van der Waals surface area contributed by atoms with E-state index in [0.717, 1.165) is 0 Å². The van der Waals surface area contributed by atoms with Crippen molar-refractivity contribution in [3.05, 3.63) is 47.7 Å². The topological polar surface area (TPSA) is 78.1 Å². The summed E-state index contributed by atoms with van der Waals surface area (Å²) in [5, 5.41) is 12.9. The van der Waals surface area contributed by atoms with Crippen molar-refractivity contribution in [1.82, 2.24) is 5.43 Å². The Morgan fingerprint density at radius 1 is 1.25 bits per heavy atom. The maximum Gasteiger partial charge on any atom is 0.271 e. The third-order valence-electron chi connectivity index (χ3n) is 2.54. The fourth-order valence-corrected chi connectivity index (χ4v) is 1.48. The molecule has 1 aromatic heterocycles. The number of anilines is 1. The second-order valence-corrected chi connectivity index (χ2v) is 4.32. The Balaban J connectivity index is 1.95. The number of carbonyl (C=O) groups excluding carboxylic acids is 1. The van der Waals surface area contributed by atoms with E-state index in [9.17, 15) is 4.79 Å². The molecule has 1 heterocycles. The standard InChI is InChI=1S/C14H15N3O3/c1-17(2)13-8-7-12(20-13)9-15-16-14(19)10-3-5-11(18)6-4-10/h3-9,18H,1-2H3,(H,16,19)/b15-9-. The van der Waals surface area contributed by atoms with Crippen LogP contribution in [-0.2, 0) is 0 Å². The molecule has 2 N–H and O–H groups in total. The summed E-state index contributed by atoms with van der Waals surface area (Å²) in [6.07, 6.45) is 1.42. The zero-order chi connectivity index (χ0) is 14.5. The van der Waals surface area contributed by atoms with Crippen LogP contribution in [-0.4, -0.2) is 31.3 Å². The maximum atomic E-state index is 11.7. The first-order valence-electron chi connectivity index (χ1n) is 5.96. The van der Waals surface area contributed by atoms with Crippen molar-refractivity contribution < 1.29 is 14.3 Å². The molecule has 0 saturated heterocycles. The Labute approximate surface area is 116 Å². The van der Waals surface area contributed by atoms with Gasteiger partial charge in [0, 0.05) is 25.7 Å². The summed E-state index contributed by atoms with van der Waals surface area (Å²) in [6.45, 7) is 0. The first kappa shape index (κ1) is 13.7. The zero-order valence-corrected chi connectivity index (χ0v) is 11.2. The molecule has 0 bridgehead atoms. The van der Waals surface area contributed by atoms with Crippen LogP contribution < -0.4 is 10.3 Å². The van der Waals surface area contributed by atoms with Crippen molar-refractivity contribution >= 4 is 18.0 Å².